The number of nitrogens with zero attached hydrogens (tertiary/aromatic N) is 1. The molecule has 30 heavy (non-hydrogen) atoms. The number of carboxylic acid groups (broad SMARTS) is 1. The van der Waals surface area contributed by atoms with Gasteiger partial charge in [-0.1, -0.05) is 6.92 Å². The number of rotatable bonds is 10. The predicted molar refractivity (Wildman–Crippen MR) is 104 cm³/mol. The molecule has 10 heteroatoms. The van der Waals surface area contributed by atoms with Crippen molar-refractivity contribution in [2.45, 2.75) is 32.5 Å². The number of carbonyl (C=O) groups is 4. The fraction of sp³-hybridized carbons (Fsp3) is 0.500. The summed E-state index contributed by atoms with van der Waals surface area (Å²) in [5.74, 6) is -2.13. The van der Waals surface area contributed by atoms with Crippen LogP contribution in [0.4, 0.5) is 4.79 Å². The molecule has 2 rings (SSSR count). The van der Waals surface area contributed by atoms with E-state index >= 15 is 0 Å². The fourth-order valence-electron chi connectivity index (χ4n) is 3.11. The van der Waals surface area contributed by atoms with Crippen molar-refractivity contribution in [1.29, 1.82) is 0 Å². The summed E-state index contributed by atoms with van der Waals surface area (Å²) in [6, 6.07) is 6.08. The lowest BCUT2D eigenvalue weighted by molar-refractivity contribution is -0.145. The predicted octanol–water partition coefficient (Wildman–Crippen LogP) is 1.07. The van der Waals surface area contributed by atoms with E-state index < -0.39 is 36.1 Å². The van der Waals surface area contributed by atoms with Crippen LogP contribution >= 0.6 is 0 Å². The summed E-state index contributed by atoms with van der Waals surface area (Å²) in [4.78, 5) is 48.2. The van der Waals surface area contributed by atoms with Crippen LogP contribution in [0.5, 0.6) is 5.75 Å². The van der Waals surface area contributed by atoms with Gasteiger partial charge >= 0.3 is 12.1 Å². The van der Waals surface area contributed by atoms with Crippen LogP contribution in [0.25, 0.3) is 0 Å². The molecule has 0 aromatic heterocycles. The first-order chi connectivity index (χ1) is 14.2. The summed E-state index contributed by atoms with van der Waals surface area (Å²) in [5, 5.41) is 9.03. The van der Waals surface area contributed by atoms with E-state index in [2.05, 4.69) is 0 Å². The number of ketones is 1. The highest BCUT2D eigenvalue weighted by atomic mass is 16.6. The number of carbonyl (C=O) groups excluding carboxylic acids is 3. The van der Waals surface area contributed by atoms with Crippen LogP contribution in [0, 0.1) is 5.92 Å². The number of hydrogen-bond donors (Lipinski definition) is 2. The average molecular weight is 422 g/mol. The summed E-state index contributed by atoms with van der Waals surface area (Å²) >= 11 is 0. The normalized spacial score (nSPS) is 17.8. The zero-order valence-corrected chi connectivity index (χ0v) is 16.9. The number of Topliss-reactive ketones (excluding diaryl/α,β-unsaturated/α-hetero) is 1. The van der Waals surface area contributed by atoms with Gasteiger partial charge < -0.3 is 30.0 Å². The van der Waals surface area contributed by atoms with E-state index in [-0.39, 0.29) is 25.5 Å². The molecule has 10 nitrogen and oxygen atoms in total. The molecule has 0 radical (unpaired) electrons. The lowest BCUT2D eigenvalue weighted by Crippen LogP contribution is -2.43. The Hall–Kier alpha value is -3.14. The molecule has 0 spiro atoms. The third-order valence-electron chi connectivity index (χ3n) is 4.70. The molecule has 1 aromatic carbocycles. The SMILES string of the molecule is CCOC(=O)COc1ccc(C(=O)C(C)[C@H](O[C@@H]2CCN(C(=O)O)C2)C(N)=O)cc1. The molecule has 1 aliphatic heterocycles. The Morgan fingerprint density at radius 2 is 1.90 bits per heavy atom. The number of primary amides is 1. The summed E-state index contributed by atoms with van der Waals surface area (Å²) in [5.41, 5.74) is 5.75. The van der Waals surface area contributed by atoms with Crippen molar-refractivity contribution in [2.24, 2.45) is 11.7 Å². The van der Waals surface area contributed by atoms with E-state index in [0.29, 0.717) is 24.3 Å². The lowest BCUT2D eigenvalue weighted by atomic mass is 9.93. The second-order valence-electron chi connectivity index (χ2n) is 6.87. The number of esters is 1. The van der Waals surface area contributed by atoms with Gasteiger partial charge in [0.2, 0.25) is 5.91 Å². The summed E-state index contributed by atoms with van der Waals surface area (Å²) in [6.07, 6.45) is -2.33. The third-order valence-corrected chi connectivity index (χ3v) is 4.70. The van der Waals surface area contributed by atoms with Crippen LogP contribution in [0.1, 0.15) is 30.6 Å². The van der Waals surface area contributed by atoms with E-state index in [1.165, 1.54) is 36.1 Å². The maximum atomic E-state index is 12.8. The maximum absolute atomic E-state index is 12.8. The van der Waals surface area contributed by atoms with Gasteiger partial charge in [0.25, 0.3) is 0 Å². The van der Waals surface area contributed by atoms with Crippen molar-refractivity contribution < 1.29 is 38.5 Å². The Morgan fingerprint density at radius 3 is 2.43 bits per heavy atom. The van der Waals surface area contributed by atoms with E-state index in [0.717, 1.165) is 0 Å². The summed E-state index contributed by atoms with van der Waals surface area (Å²) < 4.78 is 15.7. The molecule has 0 aliphatic carbocycles. The van der Waals surface area contributed by atoms with Crippen molar-refractivity contribution in [3.8, 4) is 5.75 Å². The molecule has 164 valence electrons. The smallest absolute Gasteiger partial charge is 0.407 e. The molecule has 1 heterocycles. The number of amides is 2. The first-order valence-electron chi connectivity index (χ1n) is 9.58. The second kappa shape index (κ2) is 10.6. The van der Waals surface area contributed by atoms with Gasteiger partial charge in [0, 0.05) is 12.1 Å². The molecule has 1 aliphatic rings. The van der Waals surface area contributed by atoms with Crippen molar-refractivity contribution in [3.63, 3.8) is 0 Å². The van der Waals surface area contributed by atoms with Crippen LogP contribution in [-0.4, -0.2) is 72.3 Å². The number of hydrogen-bond acceptors (Lipinski definition) is 7. The van der Waals surface area contributed by atoms with Crippen molar-refractivity contribution in [3.05, 3.63) is 29.8 Å². The molecule has 1 saturated heterocycles. The number of nitrogens with two attached hydrogens (primary N) is 1. The Morgan fingerprint density at radius 1 is 1.23 bits per heavy atom. The minimum Gasteiger partial charge on any atom is -0.482 e. The lowest BCUT2D eigenvalue weighted by Gasteiger charge is -2.24. The number of likely N-dealkylation sites (tertiary alicyclic amines) is 1. The van der Waals surface area contributed by atoms with Gasteiger partial charge in [0.15, 0.2) is 12.4 Å². The molecular weight excluding hydrogens is 396 g/mol. The summed E-state index contributed by atoms with van der Waals surface area (Å²) in [7, 11) is 0. The van der Waals surface area contributed by atoms with Gasteiger partial charge in [0.1, 0.15) is 11.9 Å². The molecule has 2 amide bonds. The third kappa shape index (κ3) is 6.18. The van der Waals surface area contributed by atoms with Crippen LogP contribution < -0.4 is 10.5 Å². The molecule has 1 unspecified atom stereocenters. The second-order valence-corrected chi connectivity index (χ2v) is 6.87. The van der Waals surface area contributed by atoms with Crippen molar-refractivity contribution in [2.75, 3.05) is 26.3 Å². The molecular formula is C20H26N2O8. The molecule has 0 bridgehead atoms. The van der Waals surface area contributed by atoms with E-state index in [1.54, 1.807) is 6.92 Å². The van der Waals surface area contributed by atoms with Gasteiger partial charge in [0.05, 0.1) is 25.2 Å². The molecule has 1 fully saturated rings. The van der Waals surface area contributed by atoms with E-state index in [1.807, 2.05) is 0 Å². The Bertz CT molecular complexity index is 780. The number of ether oxygens (including phenoxy) is 3. The Balaban J connectivity index is 1.98. The standard InChI is InChI=1S/C20H26N2O8/c1-3-28-16(23)11-29-14-6-4-13(5-7-14)17(24)12(2)18(19(21)25)30-15-8-9-22(10-15)20(26)27/h4-7,12,15,18H,3,8-11H2,1-2H3,(H2,21,25)(H,26,27)/t12?,15-,18+/m1/s1. The largest absolute Gasteiger partial charge is 0.482 e. The number of benzene rings is 1. The van der Waals surface area contributed by atoms with Gasteiger partial charge in [-0.3, -0.25) is 9.59 Å². The quantitative estimate of drug-likeness (QED) is 0.421. The zero-order chi connectivity index (χ0) is 22.3. The topological polar surface area (TPSA) is 145 Å². The summed E-state index contributed by atoms with van der Waals surface area (Å²) in [6.45, 7) is 3.65. The van der Waals surface area contributed by atoms with Gasteiger partial charge in [-0.15, -0.1) is 0 Å². The minimum atomic E-state index is -1.18. The molecule has 3 atom stereocenters. The zero-order valence-electron chi connectivity index (χ0n) is 16.9. The van der Waals surface area contributed by atoms with Crippen molar-refractivity contribution in [1.82, 2.24) is 4.90 Å². The van der Waals surface area contributed by atoms with Crippen LogP contribution in [0.3, 0.4) is 0 Å². The molecule has 1 aromatic rings. The Kier molecular flexibility index (Phi) is 8.16. The fourth-order valence-corrected chi connectivity index (χ4v) is 3.11. The van der Waals surface area contributed by atoms with Gasteiger partial charge in [-0.25, -0.2) is 9.59 Å². The highest BCUT2D eigenvalue weighted by Gasteiger charge is 2.35. The van der Waals surface area contributed by atoms with Crippen LogP contribution in [0.15, 0.2) is 24.3 Å². The van der Waals surface area contributed by atoms with E-state index in [9.17, 15) is 19.2 Å². The van der Waals surface area contributed by atoms with E-state index in [4.69, 9.17) is 25.1 Å². The van der Waals surface area contributed by atoms with Gasteiger partial charge in [-0.05, 0) is 37.6 Å². The minimum absolute atomic E-state index is 0.118. The monoisotopic (exact) mass is 422 g/mol. The average Bonchev–Trinajstić information content (AvgIpc) is 3.19. The van der Waals surface area contributed by atoms with Crippen LogP contribution in [-0.2, 0) is 19.1 Å². The highest BCUT2D eigenvalue weighted by molar-refractivity contribution is 6.00. The first-order valence-corrected chi connectivity index (χ1v) is 9.58. The maximum Gasteiger partial charge on any atom is 0.407 e. The van der Waals surface area contributed by atoms with Crippen LogP contribution in [0.2, 0.25) is 0 Å². The molecule has 3 N–H and O–H groups in total. The van der Waals surface area contributed by atoms with Crippen molar-refractivity contribution >= 4 is 23.8 Å². The first kappa shape index (κ1) is 23.1. The van der Waals surface area contributed by atoms with Gasteiger partial charge in [-0.2, -0.15) is 0 Å². The molecule has 0 saturated carbocycles. The highest BCUT2D eigenvalue weighted by Crippen LogP contribution is 2.22. The Labute approximate surface area is 173 Å².